The summed E-state index contributed by atoms with van der Waals surface area (Å²) in [6, 6.07) is 39.8. The molecule has 139 heavy (non-hydrogen) atoms. The molecule has 10 aromatic carbocycles. The third-order valence-corrected chi connectivity index (χ3v) is 30.1. The Kier molecular flexibility index (Phi) is 24.4. The second-order valence-electron chi connectivity index (χ2n) is 33.8. The van der Waals surface area contributed by atoms with E-state index in [9.17, 15) is 97.0 Å². The predicted octanol–water partition coefficient (Wildman–Crippen LogP) is 14.3. The van der Waals surface area contributed by atoms with Gasteiger partial charge in [0, 0.05) is 81.7 Å². The van der Waals surface area contributed by atoms with Crippen LogP contribution >= 0.6 is 0 Å². The first-order valence-electron chi connectivity index (χ1n) is 42.6. The van der Waals surface area contributed by atoms with Gasteiger partial charge in [-0.15, -0.1) is 0 Å². The molecule has 4 aromatic heterocycles. The molecule has 712 valence electrons. The fourth-order valence-corrected chi connectivity index (χ4v) is 21.6. The van der Waals surface area contributed by atoms with Crippen molar-refractivity contribution < 1.29 is 106 Å². The summed E-state index contributed by atoms with van der Waals surface area (Å²) in [6.07, 6.45) is 6.47. The van der Waals surface area contributed by atoms with Crippen molar-refractivity contribution in [3.05, 3.63) is 270 Å². The number of anilines is 10. The maximum absolute atomic E-state index is 15.0. The van der Waals surface area contributed by atoms with Gasteiger partial charge in [-0.3, -0.25) is 56.1 Å². The van der Waals surface area contributed by atoms with Crippen LogP contribution in [0.1, 0.15) is 133 Å². The van der Waals surface area contributed by atoms with Gasteiger partial charge in [0.05, 0.1) is 75.6 Å². The number of fused-ring (bicyclic) bond motifs is 4. The molecular formula is C93H78N14O26S6. The van der Waals surface area contributed by atoms with Gasteiger partial charge >= 0.3 is 12.0 Å². The van der Waals surface area contributed by atoms with E-state index in [2.05, 4.69) is 51.8 Å². The highest BCUT2D eigenvalue weighted by molar-refractivity contribution is 7.87. The van der Waals surface area contributed by atoms with Gasteiger partial charge in [-0.25, -0.2) is 0 Å². The fourth-order valence-electron chi connectivity index (χ4n) is 18.2. The van der Waals surface area contributed by atoms with Crippen LogP contribution in [-0.4, -0.2) is 152 Å². The minimum atomic E-state index is -5.13. The first-order valence-corrected chi connectivity index (χ1v) is 51.2. The molecule has 0 radical (unpaired) electrons. The second-order valence-corrected chi connectivity index (χ2v) is 42.2. The number of aromatic nitrogens is 8. The molecule has 2 fully saturated rings. The molecule has 40 nitrogen and oxygen atoms in total. The Morgan fingerprint density at radius 1 is 0.353 bits per heavy atom. The molecule has 4 aliphatic carbocycles. The lowest BCUT2D eigenvalue weighted by atomic mass is 9.75. The van der Waals surface area contributed by atoms with Gasteiger partial charge in [0.1, 0.15) is 21.3 Å². The summed E-state index contributed by atoms with van der Waals surface area (Å²) >= 11 is 0. The van der Waals surface area contributed by atoms with Crippen molar-refractivity contribution in [3.63, 3.8) is 0 Å². The Morgan fingerprint density at radius 2 is 0.698 bits per heavy atom. The van der Waals surface area contributed by atoms with E-state index in [0.717, 1.165) is 102 Å². The van der Waals surface area contributed by atoms with Crippen molar-refractivity contribution in [1.29, 1.82) is 0 Å². The molecule has 0 saturated heterocycles. The Hall–Kier alpha value is -14.8. The Morgan fingerprint density at radius 3 is 1.04 bits per heavy atom. The van der Waals surface area contributed by atoms with Gasteiger partial charge < -0.3 is 50.5 Å². The number of carbonyl (C=O) groups excluding carboxylic acids is 4. The number of benzene rings is 10. The fraction of sp³-hybridized carbons (Fsp3) is 0.183. The van der Waals surface area contributed by atoms with Crippen LogP contribution in [0.3, 0.4) is 0 Å². The van der Waals surface area contributed by atoms with E-state index in [-0.39, 0.29) is 194 Å². The normalized spacial score (nSPS) is 16.0. The smallest absolute Gasteiger partial charge is 0.328 e. The van der Waals surface area contributed by atoms with Gasteiger partial charge in [0.2, 0.25) is 23.8 Å². The van der Waals surface area contributed by atoms with Crippen LogP contribution in [-0.2, 0) is 74.8 Å². The molecule has 2 saturated carbocycles. The van der Waals surface area contributed by atoms with Crippen LogP contribution in [0.5, 0.6) is 23.5 Å². The Balaban J connectivity index is 0.587. The first kappa shape index (κ1) is 94.5. The molecule has 4 aliphatic rings. The molecule has 0 atom stereocenters. The van der Waals surface area contributed by atoms with Crippen LogP contribution in [0.25, 0.3) is 44.1 Å². The van der Waals surface area contributed by atoms with E-state index in [1.165, 1.54) is 137 Å². The number of ether oxygens (including phenoxy) is 2. The Labute approximate surface area is 791 Å². The Bertz CT molecular complexity index is 8040. The zero-order chi connectivity index (χ0) is 98.8. The predicted molar refractivity (Wildman–Crippen MR) is 506 cm³/mol. The summed E-state index contributed by atoms with van der Waals surface area (Å²) in [5, 5.41) is 19.2. The third kappa shape index (κ3) is 18.9. The summed E-state index contributed by atoms with van der Waals surface area (Å²) < 4.78 is 227. The first-order chi connectivity index (χ1) is 65.7. The minimum absolute atomic E-state index is 0.000700. The van der Waals surface area contributed by atoms with Crippen LogP contribution in [0.15, 0.2) is 233 Å². The monoisotopic (exact) mass is 2000 g/mol. The lowest BCUT2D eigenvalue weighted by molar-refractivity contribution is 0.102. The molecule has 14 aromatic rings. The highest BCUT2D eigenvalue weighted by Crippen LogP contribution is 2.49. The standard InChI is InChI=1S/C93H78N14O26S6/c1-46-39-72(138(126,127)128)68(96-64-35-37-70-78-74(60-15-5-7-17-62(60)84(110)76(64)78)80(86(112)106(70)3)82(108)50-11-9-13-58(42-50)136(120,121)122)44-66(46)98-90-100-88(102-92(104-90)132-54-27-31-56(32-28-54)134(114,115)116)94-52-23-19-48(20-24-52)41-49-21-25-53(26-22-49)95-89-101-91(105-93(103-89)133-55-29-33-57(34-30-55)135(117,118)119)99-67-45-69(73(40-47(67)2)139(129,130)131)97-65-36-38-71-79-75(61-16-6-8-18-63(61)85(111)77(65)79)81(87(113)107(71)4)83(109)51-12-10-14-59(43-51)137(123,124)125/h5-18,27-40,42-45,48-49,52-53,96-97H,19-26,41H2,1-4H3,(H,114,115,116)(H,117,118,119)(H,120,121,122)(H,123,124,125)(H,126,127,128)(H,129,130,131)(H2,94,98,100,102,104)(H2,95,99,101,103,105). The number of pyridine rings is 2. The van der Waals surface area contributed by atoms with E-state index in [4.69, 9.17) is 19.4 Å². The number of carbonyl (C=O) groups is 4. The lowest BCUT2D eigenvalue weighted by Gasteiger charge is -2.34. The molecule has 0 aliphatic heterocycles. The molecule has 0 unspecified atom stereocenters. The van der Waals surface area contributed by atoms with E-state index in [1.807, 2.05) is 0 Å². The van der Waals surface area contributed by atoms with Gasteiger partial charge in [-0.2, -0.15) is 80.4 Å². The summed E-state index contributed by atoms with van der Waals surface area (Å²) in [5.74, 6) is -2.98. The molecule has 4 heterocycles. The van der Waals surface area contributed by atoms with Crippen LogP contribution < -0.4 is 52.5 Å². The van der Waals surface area contributed by atoms with Crippen molar-refractivity contribution in [2.45, 2.75) is 113 Å². The number of ketones is 4. The summed E-state index contributed by atoms with van der Waals surface area (Å²) in [7, 11) is -26.5. The number of aryl methyl sites for hydroxylation is 4. The topological polar surface area (TPSA) is 606 Å². The van der Waals surface area contributed by atoms with Crippen molar-refractivity contribution >= 4 is 164 Å². The van der Waals surface area contributed by atoms with E-state index in [1.54, 1.807) is 24.3 Å². The van der Waals surface area contributed by atoms with Crippen LogP contribution in [0.2, 0.25) is 0 Å². The molecule has 12 N–H and O–H groups in total. The van der Waals surface area contributed by atoms with E-state index < -0.39 is 135 Å². The molecule has 0 amide bonds. The minimum Gasteiger partial charge on any atom is -0.424 e. The van der Waals surface area contributed by atoms with Crippen molar-refractivity contribution in [1.82, 2.24) is 39.0 Å². The maximum Gasteiger partial charge on any atom is 0.328 e. The summed E-state index contributed by atoms with van der Waals surface area (Å²) in [6.45, 7) is 3.02. The molecule has 0 spiro atoms. The van der Waals surface area contributed by atoms with Gasteiger partial charge in [0.15, 0.2) is 23.1 Å². The average molecular weight is 2000 g/mol. The molecular weight excluding hydrogens is 1920 g/mol. The van der Waals surface area contributed by atoms with Crippen molar-refractivity contribution in [3.8, 4) is 45.8 Å². The average Bonchev–Trinajstić information content (AvgIpc) is 0.707. The third-order valence-electron chi connectivity index (χ3n) is 24.9. The molecule has 0 bridgehead atoms. The van der Waals surface area contributed by atoms with E-state index in [0.29, 0.717) is 25.7 Å². The maximum atomic E-state index is 15.0. The SMILES string of the molecule is Cc1cc(S(=O)(=O)O)c(Nc2ccc3c4c2C(=O)c2ccccc2-c4c(C(=O)c2cccc(S(=O)(=O)O)c2)c(=O)n3C)cc1Nc1nc(NC2CCC(CC3CCC(Nc4nc(Nc5cc(Nc6ccc7c8c6C(=O)c6ccccc6-c8c(C(=O)c6cccc(S(=O)(=O)O)c6)c(=O)n7C)c(S(=O)(=O)O)cc5C)nc(Oc5ccc(S(=O)(=O)O)cc5)n4)CC3)CC2)nc(Oc2ccc(S(=O)(=O)O)cc2)n1. The number of nitrogens with zero attached hydrogens (tertiary/aromatic N) is 8. The highest BCUT2D eigenvalue weighted by Gasteiger charge is 2.39. The molecule has 18 rings (SSSR count). The van der Waals surface area contributed by atoms with Crippen LogP contribution in [0, 0.1) is 25.7 Å². The quantitative estimate of drug-likeness (QED) is 0.0160. The highest BCUT2D eigenvalue weighted by atomic mass is 32.2. The van der Waals surface area contributed by atoms with Gasteiger partial charge in [-0.1, -0.05) is 72.8 Å². The van der Waals surface area contributed by atoms with Crippen molar-refractivity contribution in [2.24, 2.45) is 25.9 Å². The van der Waals surface area contributed by atoms with E-state index >= 15 is 9.59 Å². The summed E-state index contributed by atoms with van der Waals surface area (Å²) in [4.78, 5) is 113. The summed E-state index contributed by atoms with van der Waals surface area (Å²) in [5.41, 5.74) is -2.99. The van der Waals surface area contributed by atoms with Gasteiger partial charge in [-0.05, 0) is 227 Å². The largest absolute Gasteiger partial charge is 0.424 e. The number of hydrogen-bond acceptors (Lipinski definition) is 32. The van der Waals surface area contributed by atoms with Crippen molar-refractivity contribution in [2.75, 3.05) is 31.9 Å². The number of rotatable bonds is 28. The zero-order valence-electron chi connectivity index (χ0n) is 73.0. The number of hydrogen-bond donors (Lipinski definition) is 12. The lowest BCUT2D eigenvalue weighted by Crippen LogP contribution is -2.30. The van der Waals surface area contributed by atoms with Gasteiger partial charge in [0.25, 0.3) is 71.8 Å². The molecule has 46 heteroatoms. The number of nitrogens with one attached hydrogen (secondary N) is 6. The van der Waals surface area contributed by atoms with Crippen LogP contribution in [0.4, 0.5) is 57.9 Å². The zero-order valence-corrected chi connectivity index (χ0v) is 77.9. The second kappa shape index (κ2) is 35.9.